The Morgan fingerprint density at radius 1 is 1.42 bits per heavy atom. The van der Waals surface area contributed by atoms with Crippen molar-refractivity contribution in [2.45, 2.75) is 6.42 Å². The van der Waals surface area contributed by atoms with Gasteiger partial charge in [0.15, 0.2) is 5.13 Å². The highest BCUT2D eigenvalue weighted by molar-refractivity contribution is 7.17. The van der Waals surface area contributed by atoms with E-state index >= 15 is 0 Å². The minimum absolute atomic E-state index is 0.102. The van der Waals surface area contributed by atoms with Crippen molar-refractivity contribution in [1.29, 1.82) is 0 Å². The number of nitrogens with zero attached hydrogens (tertiary/aromatic N) is 1. The molecule has 0 radical (unpaired) electrons. The van der Waals surface area contributed by atoms with Gasteiger partial charge in [-0.1, -0.05) is 35.1 Å². The molecule has 0 saturated carbocycles. The topological polar surface area (TPSA) is 68.0 Å². The number of aromatic nitrogens is 1. The lowest BCUT2D eigenvalue weighted by Crippen LogP contribution is -2.07. The molecule has 2 rings (SSSR count). The van der Waals surface area contributed by atoms with E-state index in [-0.39, 0.29) is 5.78 Å². The third kappa shape index (κ3) is 3.53. The zero-order chi connectivity index (χ0) is 13.7. The van der Waals surface area contributed by atoms with Crippen LogP contribution in [-0.4, -0.2) is 23.9 Å². The number of hydrogen-bond donors (Lipinski definition) is 2. The molecule has 0 aliphatic carbocycles. The van der Waals surface area contributed by atoms with E-state index in [2.05, 4.69) is 10.3 Å². The Hall–Kier alpha value is -1.43. The predicted molar refractivity (Wildman–Crippen MR) is 79.2 cm³/mol. The number of rotatable bonds is 6. The highest BCUT2D eigenvalue weighted by atomic mass is 35.5. The van der Waals surface area contributed by atoms with Crippen LogP contribution in [0.4, 0.5) is 5.13 Å². The number of hydrogen-bond acceptors (Lipinski definition) is 5. The summed E-state index contributed by atoms with van der Waals surface area (Å²) >= 11 is 7.34. The van der Waals surface area contributed by atoms with Gasteiger partial charge in [-0.2, -0.15) is 0 Å². The van der Waals surface area contributed by atoms with Gasteiger partial charge in [0.1, 0.15) is 0 Å². The molecule has 1 aromatic carbocycles. The largest absolute Gasteiger partial charge is 0.361 e. The van der Waals surface area contributed by atoms with Crippen LogP contribution in [0.2, 0.25) is 5.02 Å². The van der Waals surface area contributed by atoms with Crippen molar-refractivity contribution < 1.29 is 4.79 Å². The van der Waals surface area contributed by atoms with Crippen LogP contribution in [0.25, 0.3) is 0 Å². The summed E-state index contributed by atoms with van der Waals surface area (Å²) in [7, 11) is 0. The van der Waals surface area contributed by atoms with Crippen molar-refractivity contribution in [3.63, 3.8) is 0 Å². The lowest BCUT2D eigenvalue weighted by Gasteiger charge is -2.00. The molecule has 0 unspecified atom stereocenters. The maximum atomic E-state index is 12.2. The number of ketones is 1. The van der Waals surface area contributed by atoms with Gasteiger partial charge in [-0.25, -0.2) is 4.98 Å². The molecule has 0 aliphatic rings. The Balaban J connectivity index is 2.10. The van der Waals surface area contributed by atoms with Gasteiger partial charge < -0.3 is 11.1 Å². The van der Waals surface area contributed by atoms with Crippen LogP contribution in [0.5, 0.6) is 0 Å². The highest BCUT2D eigenvalue weighted by Crippen LogP contribution is 2.24. The second-order valence-corrected chi connectivity index (χ2v) is 5.35. The minimum Gasteiger partial charge on any atom is -0.361 e. The molecular formula is C13H14ClN3OS. The average Bonchev–Trinajstić information content (AvgIpc) is 2.88. The molecule has 0 bridgehead atoms. The fourth-order valence-electron chi connectivity index (χ4n) is 1.54. The molecule has 100 valence electrons. The van der Waals surface area contributed by atoms with Crippen LogP contribution in [0, 0.1) is 0 Å². The number of benzene rings is 1. The van der Waals surface area contributed by atoms with Crippen molar-refractivity contribution in [2.24, 2.45) is 5.73 Å². The molecule has 0 aliphatic heterocycles. The van der Waals surface area contributed by atoms with Gasteiger partial charge in [0.05, 0.1) is 16.1 Å². The van der Waals surface area contributed by atoms with Gasteiger partial charge in [-0.15, -0.1) is 0 Å². The van der Waals surface area contributed by atoms with E-state index in [1.54, 1.807) is 30.5 Å². The van der Waals surface area contributed by atoms with Gasteiger partial charge in [-0.05, 0) is 25.1 Å². The van der Waals surface area contributed by atoms with E-state index in [9.17, 15) is 4.79 Å². The van der Waals surface area contributed by atoms with Crippen LogP contribution in [0.1, 0.15) is 21.7 Å². The van der Waals surface area contributed by atoms with Crippen molar-refractivity contribution in [3.05, 3.63) is 45.9 Å². The first-order chi connectivity index (χ1) is 9.22. The Kier molecular flexibility index (Phi) is 4.90. The van der Waals surface area contributed by atoms with E-state index in [4.69, 9.17) is 17.3 Å². The highest BCUT2D eigenvalue weighted by Gasteiger charge is 2.15. The molecule has 3 N–H and O–H groups in total. The van der Waals surface area contributed by atoms with Gasteiger partial charge >= 0.3 is 0 Å². The molecule has 19 heavy (non-hydrogen) atoms. The van der Waals surface area contributed by atoms with Crippen molar-refractivity contribution in [1.82, 2.24) is 4.98 Å². The normalized spacial score (nSPS) is 10.4. The van der Waals surface area contributed by atoms with Crippen LogP contribution in [0.3, 0.4) is 0 Å². The zero-order valence-electron chi connectivity index (χ0n) is 10.2. The fraction of sp³-hybridized carbons (Fsp3) is 0.231. The predicted octanol–water partition coefficient (Wildman–Crippen LogP) is 2.79. The molecule has 6 heteroatoms. The number of thiazole rings is 1. The number of halogens is 1. The molecule has 2 aromatic rings. The summed E-state index contributed by atoms with van der Waals surface area (Å²) in [5, 5.41) is 4.31. The van der Waals surface area contributed by atoms with Crippen LogP contribution >= 0.6 is 22.9 Å². The number of anilines is 1. The first-order valence-electron chi connectivity index (χ1n) is 5.91. The second kappa shape index (κ2) is 6.65. The third-order valence-corrected chi connectivity index (χ3v) is 3.79. The molecule has 0 fully saturated rings. The first kappa shape index (κ1) is 14.0. The molecular weight excluding hydrogens is 282 g/mol. The maximum Gasteiger partial charge on any atom is 0.206 e. The summed E-state index contributed by atoms with van der Waals surface area (Å²) in [5.41, 5.74) is 5.91. The van der Waals surface area contributed by atoms with E-state index in [1.807, 2.05) is 0 Å². The summed E-state index contributed by atoms with van der Waals surface area (Å²) in [6, 6.07) is 7.01. The van der Waals surface area contributed by atoms with E-state index in [1.165, 1.54) is 11.3 Å². The van der Waals surface area contributed by atoms with Gasteiger partial charge in [0.25, 0.3) is 0 Å². The summed E-state index contributed by atoms with van der Waals surface area (Å²) in [4.78, 5) is 17.0. The Morgan fingerprint density at radius 2 is 2.21 bits per heavy atom. The Morgan fingerprint density at radius 3 is 2.95 bits per heavy atom. The number of nitrogens with two attached hydrogens (primary N) is 1. The van der Waals surface area contributed by atoms with Crippen molar-refractivity contribution >= 4 is 33.9 Å². The van der Waals surface area contributed by atoms with Gasteiger partial charge in [-0.3, -0.25) is 4.79 Å². The summed E-state index contributed by atoms with van der Waals surface area (Å²) in [6.45, 7) is 1.38. The van der Waals surface area contributed by atoms with Gasteiger partial charge in [0, 0.05) is 12.1 Å². The summed E-state index contributed by atoms with van der Waals surface area (Å²) < 4.78 is 0. The third-order valence-electron chi connectivity index (χ3n) is 2.51. The number of carbonyl (C=O) groups excluding carboxylic acids is 1. The Bertz CT molecular complexity index is 571. The summed E-state index contributed by atoms with van der Waals surface area (Å²) in [5.74, 6) is -0.102. The Labute approximate surface area is 120 Å². The monoisotopic (exact) mass is 295 g/mol. The average molecular weight is 296 g/mol. The number of nitrogens with one attached hydrogen (secondary N) is 1. The fourth-order valence-corrected chi connectivity index (χ4v) is 2.55. The van der Waals surface area contributed by atoms with E-state index in [0.29, 0.717) is 22.0 Å². The van der Waals surface area contributed by atoms with Crippen LogP contribution in [0.15, 0.2) is 30.5 Å². The first-order valence-corrected chi connectivity index (χ1v) is 7.11. The smallest absolute Gasteiger partial charge is 0.206 e. The quantitative estimate of drug-likeness (QED) is 0.635. The lowest BCUT2D eigenvalue weighted by atomic mass is 10.1. The molecule has 1 aromatic heterocycles. The molecule has 0 amide bonds. The number of carbonyl (C=O) groups is 1. The van der Waals surface area contributed by atoms with Crippen molar-refractivity contribution in [3.8, 4) is 0 Å². The maximum absolute atomic E-state index is 12.2. The van der Waals surface area contributed by atoms with E-state index < -0.39 is 0 Å². The minimum atomic E-state index is -0.102. The second-order valence-electron chi connectivity index (χ2n) is 3.91. The standard InChI is InChI=1S/C13H14ClN3OS/c14-10-5-2-1-4-9(10)12(18)11-8-17-13(19-11)16-7-3-6-15/h1-2,4-5,8H,3,6-7,15H2,(H,16,17). The molecule has 1 heterocycles. The van der Waals surface area contributed by atoms with E-state index in [0.717, 1.165) is 18.1 Å². The summed E-state index contributed by atoms with van der Waals surface area (Å²) in [6.07, 6.45) is 2.44. The lowest BCUT2D eigenvalue weighted by molar-refractivity contribution is 0.104. The van der Waals surface area contributed by atoms with Crippen molar-refractivity contribution in [2.75, 3.05) is 18.4 Å². The SMILES string of the molecule is NCCCNc1ncc(C(=O)c2ccccc2Cl)s1. The van der Waals surface area contributed by atoms with Crippen LogP contribution in [-0.2, 0) is 0 Å². The molecule has 0 atom stereocenters. The van der Waals surface area contributed by atoms with Crippen LogP contribution < -0.4 is 11.1 Å². The van der Waals surface area contributed by atoms with Gasteiger partial charge in [0.2, 0.25) is 5.78 Å². The molecule has 0 saturated heterocycles. The molecule has 4 nitrogen and oxygen atoms in total. The zero-order valence-corrected chi connectivity index (χ0v) is 11.8. The molecule has 0 spiro atoms.